The van der Waals surface area contributed by atoms with Crippen molar-refractivity contribution in [3.05, 3.63) is 42.2 Å². The van der Waals surface area contributed by atoms with Crippen molar-refractivity contribution in [1.29, 1.82) is 0 Å². The third-order valence-corrected chi connectivity index (χ3v) is 4.24. The molecule has 10 nitrogen and oxygen atoms in total. The number of benzene rings is 1. The van der Waals surface area contributed by atoms with Gasteiger partial charge in [0.25, 0.3) is 5.91 Å². The Bertz CT molecular complexity index is 931. The SMILES string of the molecule is O=C(Nc1nnnc2c1ncn2[C@H]1C[C@H](O)[C@@H](CO)O1)c1ccccc1. The first-order valence-electron chi connectivity index (χ1n) is 8.04. The van der Waals surface area contributed by atoms with Crippen molar-refractivity contribution < 1.29 is 19.7 Å². The summed E-state index contributed by atoms with van der Waals surface area (Å²) in [5.74, 6) is -0.158. The maximum absolute atomic E-state index is 12.3. The van der Waals surface area contributed by atoms with Crippen molar-refractivity contribution in [3.63, 3.8) is 0 Å². The molecule has 0 unspecified atom stereocenters. The van der Waals surface area contributed by atoms with Gasteiger partial charge in [-0.25, -0.2) is 4.98 Å². The average Bonchev–Trinajstić information content (AvgIpc) is 3.26. The number of nitrogens with one attached hydrogen (secondary N) is 1. The van der Waals surface area contributed by atoms with Crippen LogP contribution in [0.3, 0.4) is 0 Å². The molecular weight excluding hydrogens is 340 g/mol. The molecule has 0 aliphatic carbocycles. The van der Waals surface area contributed by atoms with E-state index < -0.39 is 18.4 Å². The fourth-order valence-electron chi connectivity index (χ4n) is 2.89. The number of aromatic nitrogens is 5. The molecule has 4 rings (SSSR count). The Morgan fingerprint density at radius 3 is 2.85 bits per heavy atom. The largest absolute Gasteiger partial charge is 0.394 e. The predicted octanol–water partition coefficient (Wildman–Crippen LogP) is 0.114. The van der Waals surface area contributed by atoms with Gasteiger partial charge in [-0.1, -0.05) is 18.2 Å². The van der Waals surface area contributed by atoms with Crippen LogP contribution in [0.15, 0.2) is 36.7 Å². The number of anilines is 1. The van der Waals surface area contributed by atoms with Crippen LogP contribution in [0.2, 0.25) is 0 Å². The lowest BCUT2D eigenvalue weighted by Crippen LogP contribution is -2.24. The van der Waals surface area contributed by atoms with Crippen LogP contribution in [0.1, 0.15) is 23.0 Å². The summed E-state index contributed by atoms with van der Waals surface area (Å²) >= 11 is 0. The van der Waals surface area contributed by atoms with E-state index >= 15 is 0 Å². The summed E-state index contributed by atoms with van der Waals surface area (Å²) < 4.78 is 7.21. The Hall–Kier alpha value is -2.95. The number of imidazole rings is 1. The van der Waals surface area contributed by atoms with E-state index in [2.05, 4.69) is 25.7 Å². The molecule has 3 atom stereocenters. The molecule has 1 fully saturated rings. The molecule has 10 heteroatoms. The van der Waals surface area contributed by atoms with Crippen LogP contribution >= 0.6 is 0 Å². The molecule has 0 bridgehead atoms. The molecule has 3 heterocycles. The lowest BCUT2D eigenvalue weighted by molar-refractivity contribution is -0.0432. The minimum Gasteiger partial charge on any atom is -0.394 e. The van der Waals surface area contributed by atoms with Gasteiger partial charge in [0.1, 0.15) is 12.3 Å². The average molecular weight is 356 g/mol. The van der Waals surface area contributed by atoms with Gasteiger partial charge in [0.05, 0.1) is 19.0 Å². The number of aliphatic hydroxyl groups excluding tert-OH is 2. The van der Waals surface area contributed by atoms with Gasteiger partial charge in [0, 0.05) is 12.0 Å². The van der Waals surface area contributed by atoms with Crippen molar-refractivity contribution in [3.8, 4) is 0 Å². The van der Waals surface area contributed by atoms with Crippen LogP contribution < -0.4 is 5.32 Å². The molecular formula is C16H16N6O4. The summed E-state index contributed by atoms with van der Waals surface area (Å²) in [5, 5.41) is 33.3. The Morgan fingerprint density at radius 1 is 1.31 bits per heavy atom. The normalized spacial score (nSPS) is 22.6. The first-order valence-corrected chi connectivity index (χ1v) is 8.04. The van der Waals surface area contributed by atoms with E-state index in [-0.39, 0.29) is 24.8 Å². The smallest absolute Gasteiger partial charge is 0.256 e. The second-order valence-electron chi connectivity index (χ2n) is 5.90. The molecule has 1 saturated heterocycles. The number of carbonyl (C=O) groups is 1. The second kappa shape index (κ2) is 6.75. The zero-order valence-corrected chi connectivity index (χ0v) is 13.6. The van der Waals surface area contributed by atoms with Crippen molar-refractivity contribution in [1.82, 2.24) is 25.0 Å². The number of hydrogen-bond acceptors (Lipinski definition) is 8. The van der Waals surface area contributed by atoms with Gasteiger partial charge in [0.15, 0.2) is 17.0 Å². The molecule has 1 aromatic carbocycles. The monoisotopic (exact) mass is 356 g/mol. The summed E-state index contributed by atoms with van der Waals surface area (Å²) in [6.07, 6.45) is -0.219. The maximum atomic E-state index is 12.3. The zero-order valence-electron chi connectivity index (χ0n) is 13.6. The van der Waals surface area contributed by atoms with Crippen LogP contribution in [0.25, 0.3) is 11.2 Å². The van der Waals surface area contributed by atoms with Crippen molar-refractivity contribution in [2.75, 3.05) is 11.9 Å². The van der Waals surface area contributed by atoms with Crippen LogP contribution in [-0.4, -0.2) is 59.9 Å². The highest BCUT2D eigenvalue weighted by molar-refractivity contribution is 6.06. The number of ether oxygens (including phenoxy) is 1. The van der Waals surface area contributed by atoms with E-state index in [0.717, 1.165) is 0 Å². The first-order chi connectivity index (χ1) is 12.7. The van der Waals surface area contributed by atoms with Crippen molar-refractivity contribution in [2.24, 2.45) is 0 Å². The van der Waals surface area contributed by atoms with E-state index in [1.807, 2.05) is 6.07 Å². The van der Waals surface area contributed by atoms with Crippen LogP contribution in [-0.2, 0) is 4.74 Å². The number of nitrogens with zero attached hydrogens (tertiary/aromatic N) is 5. The summed E-state index contributed by atoms with van der Waals surface area (Å²) in [6.45, 7) is -0.282. The van der Waals surface area contributed by atoms with Crippen LogP contribution in [0.4, 0.5) is 5.82 Å². The Labute approximate surface area is 147 Å². The molecule has 3 N–H and O–H groups in total. The van der Waals surface area contributed by atoms with Crippen molar-refractivity contribution >= 4 is 22.9 Å². The molecule has 2 aromatic heterocycles. The number of rotatable bonds is 4. The van der Waals surface area contributed by atoms with Gasteiger partial charge in [-0.05, 0) is 17.3 Å². The second-order valence-corrected chi connectivity index (χ2v) is 5.90. The third-order valence-electron chi connectivity index (χ3n) is 4.24. The first kappa shape index (κ1) is 16.5. The molecule has 1 aliphatic heterocycles. The number of amides is 1. The highest BCUT2D eigenvalue weighted by Gasteiger charge is 2.35. The fourth-order valence-corrected chi connectivity index (χ4v) is 2.89. The number of fused-ring (bicyclic) bond motifs is 1. The van der Waals surface area contributed by atoms with Gasteiger partial charge >= 0.3 is 0 Å². The highest BCUT2D eigenvalue weighted by Crippen LogP contribution is 2.31. The van der Waals surface area contributed by atoms with E-state index in [1.54, 1.807) is 28.8 Å². The van der Waals surface area contributed by atoms with Gasteiger partial charge < -0.3 is 20.3 Å². The topological polar surface area (TPSA) is 135 Å². The predicted molar refractivity (Wildman–Crippen MR) is 89.1 cm³/mol. The molecule has 0 radical (unpaired) electrons. The Morgan fingerprint density at radius 2 is 2.12 bits per heavy atom. The van der Waals surface area contributed by atoms with Gasteiger partial charge in [-0.3, -0.25) is 9.36 Å². The minimum atomic E-state index is -0.783. The molecule has 3 aromatic rings. The quantitative estimate of drug-likeness (QED) is 0.599. The van der Waals surface area contributed by atoms with E-state index in [0.29, 0.717) is 16.7 Å². The van der Waals surface area contributed by atoms with E-state index in [9.17, 15) is 15.0 Å². The molecule has 1 aliphatic rings. The van der Waals surface area contributed by atoms with E-state index in [4.69, 9.17) is 4.74 Å². The summed E-state index contributed by atoms with van der Waals surface area (Å²) in [6, 6.07) is 8.71. The lowest BCUT2D eigenvalue weighted by atomic mass is 10.2. The standard InChI is InChI=1S/C16H16N6O4/c23-7-11-10(24)6-12(26-11)22-8-17-13-14(19-21-20-15(13)22)18-16(25)9-4-2-1-3-5-9/h1-5,8,10-12,23-24H,6-7H2,(H,18,19,20,25)/t10-,11+,12+/m0/s1. The molecule has 0 spiro atoms. The zero-order chi connectivity index (χ0) is 18.1. The molecule has 134 valence electrons. The summed E-state index contributed by atoms with van der Waals surface area (Å²) in [5.41, 5.74) is 1.20. The maximum Gasteiger partial charge on any atom is 0.256 e. The molecule has 26 heavy (non-hydrogen) atoms. The minimum absolute atomic E-state index is 0.180. The van der Waals surface area contributed by atoms with Crippen LogP contribution in [0.5, 0.6) is 0 Å². The van der Waals surface area contributed by atoms with Crippen molar-refractivity contribution in [2.45, 2.75) is 24.9 Å². The number of aliphatic hydroxyl groups is 2. The van der Waals surface area contributed by atoms with Gasteiger partial charge in [0.2, 0.25) is 0 Å². The van der Waals surface area contributed by atoms with Gasteiger partial charge in [-0.2, -0.15) is 0 Å². The van der Waals surface area contributed by atoms with Gasteiger partial charge in [-0.15, -0.1) is 10.2 Å². The molecule has 1 amide bonds. The lowest BCUT2D eigenvalue weighted by Gasteiger charge is -2.13. The number of hydrogen-bond donors (Lipinski definition) is 3. The molecule has 0 saturated carbocycles. The number of carbonyl (C=O) groups excluding carboxylic acids is 1. The summed E-state index contributed by atoms with van der Waals surface area (Å²) in [7, 11) is 0. The fraction of sp³-hybridized carbons (Fsp3) is 0.312. The van der Waals surface area contributed by atoms with Crippen LogP contribution in [0, 0.1) is 0 Å². The highest BCUT2D eigenvalue weighted by atomic mass is 16.5. The summed E-state index contributed by atoms with van der Waals surface area (Å²) in [4.78, 5) is 16.6. The Kier molecular flexibility index (Phi) is 4.29. The van der Waals surface area contributed by atoms with E-state index in [1.165, 1.54) is 6.33 Å². The Balaban J connectivity index is 1.63. The third kappa shape index (κ3) is 2.90.